The Morgan fingerprint density at radius 3 is 2.64 bits per heavy atom. The molecule has 0 saturated heterocycles. The number of hydrogen-bond donors (Lipinski definition) is 4. The maximum atomic E-state index is 12.5. The molecular weight excluding hydrogens is 656 g/mol. The van der Waals surface area contributed by atoms with Gasteiger partial charge in [0.25, 0.3) is 0 Å². The fraction of sp³-hybridized carbons (Fsp3) is 0.258. The molecule has 0 radical (unpaired) electrons. The van der Waals surface area contributed by atoms with Gasteiger partial charge in [-0.1, -0.05) is 51.8 Å². The first-order valence-electron chi connectivity index (χ1n) is 13.6. The van der Waals surface area contributed by atoms with Crippen molar-refractivity contribution in [2.75, 3.05) is 20.3 Å². The number of esters is 1. The fourth-order valence-corrected chi connectivity index (χ4v) is 4.91. The predicted octanol–water partition coefficient (Wildman–Crippen LogP) is 5.20. The molecule has 0 aliphatic carbocycles. The zero-order valence-electron chi connectivity index (χ0n) is 24.2. The van der Waals surface area contributed by atoms with E-state index in [9.17, 15) is 14.7 Å². The summed E-state index contributed by atoms with van der Waals surface area (Å²) in [7, 11) is 1.27. The number of urea groups is 1. The van der Waals surface area contributed by atoms with Gasteiger partial charge < -0.3 is 34.7 Å². The van der Waals surface area contributed by atoms with Crippen molar-refractivity contribution in [2.24, 2.45) is 5.10 Å². The summed E-state index contributed by atoms with van der Waals surface area (Å²) in [5.41, 5.74) is 5.39. The Morgan fingerprint density at radius 1 is 1.11 bits per heavy atom. The molecule has 11 nitrogen and oxygen atoms in total. The third-order valence-corrected chi connectivity index (χ3v) is 7.27. The topological polar surface area (TPSA) is 140 Å². The average molecular weight is 688 g/mol. The lowest BCUT2D eigenvalue weighted by Gasteiger charge is -2.28. The van der Waals surface area contributed by atoms with Crippen molar-refractivity contribution >= 4 is 45.7 Å². The van der Waals surface area contributed by atoms with Crippen LogP contribution >= 0.6 is 27.5 Å². The molecule has 2 atom stereocenters. The maximum Gasteiger partial charge on any atom is 0.337 e. The van der Waals surface area contributed by atoms with E-state index in [4.69, 9.17) is 30.5 Å². The van der Waals surface area contributed by atoms with E-state index >= 15 is 0 Å². The number of allylic oxidation sites excluding steroid dienone is 1. The van der Waals surface area contributed by atoms with Crippen LogP contribution in [0.5, 0.6) is 17.2 Å². The van der Waals surface area contributed by atoms with E-state index in [0.717, 1.165) is 10.0 Å². The van der Waals surface area contributed by atoms with Crippen LogP contribution in [0.1, 0.15) is 36.6 Å². The number of rotatable bonds is 13. The molecule has 0 fully saturated rings. The van der Waals surface area contributed by atoms with Crippen LogP contribution in [-0.4, -0.2) is 49.9 Å². The number of hydrazone groups is 1. The zero-order valence-corrected chi connectivity index (χ0v) is 26.6. The van der Waals surface area contributed by atoms with Crippen LogP contribution in [0.4, 0.5) is 4.79 Å². The van der Waals surface area contributed by atoms with E-state index in [-0.39, 0.29) is 18.8 Å². The lowest BCUT2D eigenvalue weighted by Crippen LogP contribution is -2.45. The molecule has 4 N–H and O–H groups in total. The quantitative estimate of drug-likeness (QED) is 0.0833. The second-order valence-corrected chi connectivity index (χ2v) is 10.8. The first kappa shape index (κ1) is 32.6. The molecule has 1 aliphatic rings. The van der Waals surface area contributed by atoms with Crippen molar-refractivity contribution in [1.29, 1.82) is 0 Å². The molecule has 0 saturated carbocycles. The third kappa shape index (κ3) is 8.43. The number of nitrogens with zero attached hydrogens (tertiary/aromatic N) is 1. The van der Waals surface area contributed by atoms with Gasteiger partial charge in [0.1, 0.15) is 19.0 Å². The molecule has 44 heavy (non-hydrogen) atoms. The van der Waals surface area contributed by atoms with E-state index < -0.39 is 24.3 Å². The summed E-state index contributed by atoms with van der Waals surface area (Å²) >= 11 is 9.70. The number of ether oxygens (including phenoxy) is 4. The van der Waals surface area contributed by atoms with Gasteiger partial charge in [0.15, 0.2) is 17.7 Å². The van der Waals surface area contributed by atoms with Crippen LogP contribution in [0.25, 0.3) is 0 Å². The summed E-state index contributed by atoms with van der Waals surface area (Å²) in [5, 5.41) is 20.6. The molecule has 3 aromatic carbocycles. The molecule has 232 valence electrons. The minimum atomic E-state index is -1.17. The van der Waals surface area contributed by atoms with Crippen molar-refractivity contribution in [2.45, 2.75) is 32.7 Å². The van der Waals surface area contributed by atoms with Crippen LogP contribution in [0, 0.1) is 0 Å². The fourth-order valence-electron chi connectivity index (χ4n) is 4.34. The number of aliphatic hydroxyl groups excluding tert-OH is 1. The predicted molar refractivity (Wildman–Crippen MR) is 169 cm³/mol. The van der Waals surface area contributed by atoms with Crippen molar-refractivity contribution in [1.82, 2.24) is 16.1 Å². The standard InChI is InChI=1S/C31H32BrClN4O7/c1-4-42-26-14-19(29-28(30(39)41-3)18(2)35-31(40)36-29)9-11-25(26)44-17-27(38)37-34-15-21-13-22(32)10-12-24(21)43-16-20-7-5-6-8-23(20)33/h5-15,27,29,37-38H,4,16-17H2,1-3H3,(H2,35,36,40)/b34-15-/t27-,29-/m1/s1. The SMILES string of the molecule is CCOc1cc([C@H]2NC(=O)NC(C)=C2C(=O)OC)ccc1OC[C@@H](O)N/N=C\c1cc(Br)ccc1OCc1ccccc1Cl. The van der Waals surface area contributed by atoms with Crippen LogP contribution in [-0.2, 0) is 16.1 Å². The van der Waals surface area contributed by atoms with E-state index in [0.29, 0.717) is 45.7 Å². The molecule has 2 amide bonds. The Labute approximate surface area is 268 Å². The van der Waals surface area contributed by atoms with Crippen LogP contribution in [0.15, 0.2) is 81.5 Å². The summed E-state index contributed by atoms with van der Waals surface area (Å²) in [6.45, 7) is 3.88. The van der Waals surface area contributed by atoms with Crippen molar-refractivity contribution in [3.05, 3.63) is 98.1 Å². The molecule has 0 aromatic heterocycles. The highest BCUT2D eigenvalue weighted by Crippen LogP contribution is 2.35. The van der Waals surface area contributed by atoms with E-state index in [2.05, 4.69) is 37.1 Å². The number of aliphatic hydroxyl groups is 1. The van der Waals surface area contributed by atoms with E-state index in [1.54, 1.807) is 37.3 Å². The van der Waals surface area contributed by atoms with Gasteiger partial charge in [0.2, 0.25) is 0 Å². The maximum absolute atomic E-state index is 12.5. The van der Waals surface area contributed by atoms with Crippen molar-refractivity contribution in [3.8, 4) is 17.2 Å². The van der Waals surface area contributed by atoms with Gasteiger partial charge in [0, 0.05) is 26.3 Å². The molecule has 4 rings (SSSR count). The highest BCUT2D eigenvalue weighted by molar-refractivity contribution is 9.10. The minimum absolute atomic E-state index is 0.165. The molecular formula is C31H32BrClN4O7. The van der Waals surface area contributed by atoms with E-state index in [1.807, 2.05) is 37.3 Å². The van der Waals surface area contributed by atoms with Crippen molar-refractivity contribution < 1.29 is 33.6 Å². The largest absolute Gasteiger partial charge is 0.490 e. The normalized spacial score (nSPS) is 15.3. The van der Waals surface area contributed by atoms with Gasteiger partial charge in [-0.05, 0) is 55.8 Å². The second-order valence-electron chi connectivity index (χ2n) is 9.48. The number of hydrogen-bond acceptors (Lipinski definition) is 9. The zero-order chi connectivity index (χ0) is 31.6. The number of benzene rings is 3. The monoisotopic (exact) mass is 686 g/mol. The van der Waals surface area contributed by atoms with Crippen LogP contribution in [0.2, 0.25) is 5.02 Å². The number of carbonyl (C=O) groups excluding carboxylic acids is 2. The lowest BCUT2D eigenvalue weighted by atomic mass is 9.95. The Kier molecular flexibility index (Phi) is 11.5. The summed E-state index contributed by atoms with van der Waals surface area (Å²) < 4.78 is 23.3. The van der Waals surface area contributed by atoms with Gasteiger partial charge in [-0.15, -0.1) is 0 Å². The highest BCUT2D eigenvalue weighted by atomic mass is 79.9. The summed E-state index contributed by atoms with van der Waals surface area (Å²) in [4.78, 5) is 24.6. The first-order valence-corrected chi connectivity index (χ1v) is 14.8. The highest BCUT2D eigenvalue weighted by Gasteiger charge is 2.32. The van der Waals surface area contributed by atoms with Gasteiger partial charge in [-0.25, -0.2) is 9.59 Å². The third-order valence-electron chi connectivity index (χ3n) is 6.41. The number of methoxy groups -OCH3 is 1. The summed E-state index contributed by atoms with van der Waals surface area (Å²) in [5.74, 6) is 0.722. The molecule has 13 heteroatoms. The minimum Gasteiger partial charge on any atom is -0.490 e. The summed E-state index contributed by atoms with van der Waals surface area (Å²) in [6.07, 6.45) is 0.359. The first-order chi connectivity index (χ1) is 21.2. The van der Waals surface area contributed by atoms with Gasteiger partial charge in [-0.2, -0.15) is 5.10 Å². The molecule has 3 aromatic rings. The molecule has 0 unspecified atom stereocenters. The smallest absolute Gasteiger partial charge is 0.337 e. The Balaban J connectivity index is 1.41. The molecule has 0 spiro atoms. The molecule has 1 heterocycles. The van der Waals surface area contributed by atoms with E-state index in [1.165, 1.54) is 13.3 Å². The number of halogens is 2. The van der Waals surface area contributed by atoms with Gasteiger partial charge in [0.05, 0.1) is 31.5 Å². The van der Waals surface area contributed by atoms with Gasteiger partial charge >= 0.3 is 12.0 Å². The number of amides is 2. The summed E-state index contributed by atoms with van der Waals surface area (Å²) in [6, 6.07) is 16.7. The second kappa shape index (κ2) is 15.5. The van der Waals surface area contributed by atoms with Crippen molar-refractivity contribution in [3.63, 3.8) is 0 Å². The molecule has 1 aliphatic heterocycles. The molecule has 0 bridgehead atoms. The number of nitrogens with one attached hydrogen (secondary N) is 3. The number of carbonyl (C=O) groups is 2. The Bertz CT molecular complexity index is 1570. The van der Waals surface area contributed by atoms with Crippen LogP contribution in [0.3, 0.4) is 0 Å². The van der Waals surface area contributed by atoms with Gasteiger partial charge in [-0.3, -0.25) is 5.43 Å². The van der Waals surface area contributed by atoms with Crippen LogP contribution < -0.4 is 30.3 Å². The lowest BCUT2D eigenvalue weighted by molar-refractivity contribution is -0.136. The average Bonchev–Trinajstić information content (AvgIpc) is 3.00. The Morgan fingerprint density at radius 2 is 1.89 bits per heavy atom. The Hall–Kier alpha value is -4.26.